The number of ether oxygens (including phenoxy) is 1. The third-order valence-electron chi connectivity index (χ3n) is 2.38. The minimum Gasteiger partial charge on any atom is -0.479 e. The maximum atomic E-state index is 11.8. The Morgan fingerprint density at radius 2 is 2.30 bits per heavy atom. The van der Waals surface area contributed by atoms with E-state index in [-0.39, 0.29) is 12.5 Å². The first-order valence-corrected chi connectivity index (χ1v) is 6.43. The van der Waals surface area contributed by atoms with Crippen LogP contribution in [0.15, 0.2) is 18.2 Å². The van der Waals surface area contributed by atoms with Crippen LogP contribution in [-0.2, 0) is 11.3 Å². The van der Waals surface area contributed by atoms with Gasteiger partial charge in [-0.15, -0.1) is 10.2 Å². The van der Waals surface area contributed by atoms with E-state index in [0.29, 0.717) is 21.6 Å². The summed E-state index contributed by atoms with van der Waals surface area (Å²) in [4.78, 5) is 11.8. The largest absolute Gasteiger partial charge is 0.479 e. The van der Waals surface area contributed by atoms with E-state index < -0.39 is 6.10 Å². The Hall–Kier alpha value is -1.86. The molecule has 0 spiro atoms. The Labute approximate surface area is 124 Å². The lowest BCUT2D eigenvalue weighted by molar-refractivity contribution is -0.127. The lowest BCUT2D eigenvalue weighted by atomic mass is 10.3. The maximum Gasteiger partial charge on any atom is 0.261 e. The van der Waals surface area contributed by atoms with Gasteiger partial charge in [0.1, 0.15) is 5.75 Å². The van der Waals surface area contributed by atoms with Crippen LogP contribution in [0.25, 0.3) is 0 Å². The van der Waals surface area contributed by atoms with E-state index in [2.05, 4.69) is 25.9 Å². The number of halogens is 2. The highest BCUT2D eigenvalue weighted by molar-refractivity contribution is 6.35. The van der Waals surface area contributed by atoms with E-state index in [1.807, 2.05) is 0 Å². The van der Waals surface area contributed by atoms with Crippen LogP contribution in [0.3, 0.4) is 0 Å². The fourth-order valence-corrected chi connectivity index (χ4v) is 1.84. The molecule has 0 bridgehead atoms. The summed E-state index contributed by atoms with van der Waals surface area (Å²) in [6.45, 7) is 1.77. The molecule has 0 saturated carbocycles. The number of hydrogen-bond acceptors (Lipinski definition) is 5. The van der Waals surface area contributed by atoms with Gasteiger partial charge in [0, 0.05) is 5.02 Å². The average molecular weight is 316 g/mol. The SMILES string of the molecule is CC(Oc1ccc(Cl)cc1Cl)C(=O)NCc1nn[nH]n1. The molecule has 2 N–H and O–H groups in total. The van der Waals surface area contributed by atoms with Crippen molar-refractivity contribution in [3.8, 4) is 5.75 Å². The van der Waals surface area contributed by atoms with Crippen molar-refractivity contribution in [1.82, 2.24) is 25.9 Å². The number of aromatic nitrogens is 4. The number of tetrazole rings is 1. The number of nitrogens with one attached hydrogen (secondary N) is 2. The highest BCUT2D eigenvalue weighted by Crippen LogP contribution is 2.28. The Bertz CT molecular complexity index is 591. The summed E-state index contributed by atoms with van der Waals surface area (Å²) in [7, 11) is 0. The highest BCUT2D eigenvalue weighted by atomic mass is 35.5. The van der Waals surface area contributed by atoms with E-state index in [0.717, 1.165) is 0 Å². The van der Waals surface area contributed by atoms with E-state index >= 15 is 0 Å². The van der Waals surface area contributed by atoms with Gasteiger partial charge in [0.25, 0.3) is 5.91 Å². The van der Waals surface area contributed by atoms with Crippen molar-refractivity contribution in [3.63, 3.8) is 0 Å². The van der Waals surface area contributed by atoms with Crippen molar-refractivity contribution in [2.75, 3.05) is 0 Å². The molecule has 2 aromatic rings. The molecule has 1 atom stereocenters. The summed E-state index contributed by atoms with van der Waals surface area (Å²) >= 11 is 11.7. The van der Waals surface area contributed by atoms with Crippen LogP contribution < -0.4 is 10.1 Å². The summed E-state index contributed by atoms with van der Waals surface area (Å²) in [5, 5.41) is 16.6. The maximum absolute atomic E-state index is 11.8. The Morgan fingerprint density at radius 1 is 1.50 bits per heavy atom. The number of rotatable bonds is 5. The topological polar surface area (TPSA) is 92.8 Å². The van der Waals surface area contributed by atoms with Crippen molar-refractivity contribution >= 4 is 29.1 Å². The number of nitrogens with zero attached hydrogens (tertiary/aromatic N) is 3. The molecule has 1 aromatic carbocycles. The van der Waals surface area contributed by atoms with Crippen LogP contribution in [-0.4, -0.2) is 32.6 Å². The van der Waals surface area contributed by atoms with Gasteiger partial charge in [-0.2, -0.15) is 5.21 Å². The molecule has 0 aliphatic carbocycles. The van der Waals surface area contributed by atoms with Crippen molar-refractivity contribution in [2.24, 2.45) is 0 Å². The van der Waals surface area contributed by atoms with Crippen LogP contribution in [0.4, 0.5) is 0 Å². The van der Waals surface area contributed by atoms with Gasteiger partial charge < -0.3 is 10.1 Å². The summed E-state index contributed by atoms with van der Waals surface area (Å²) in [6.07, 6.45) is -0.722. The second-order valence-corrected chi connectivity index (χ2v) is 4.72. The number of carbonyl (C=O) groups is 1. The summed E-state index contributed by atoms with van der Waals surface area (Å²) < 4.78 is 5.46. The molecule has 1 amide bonds. The second kappa shape index (κ2) is 6.53. The standard InChI is InChI=1S/C11H11Cl2N5O2/c1-6(11(19)14-5-10-15-17-18-16-10)20-9-3-2-7(12)4-8(9)13/h2-4,6H,5H2,1H3,(H,14,19)(H,15,16,17,18). The lowest BCUT2D eigenvalue weighted by Gasteiger charge is -2.15. The van der Waals surface area contributed by atoms with Gasteiger partial charge >= 0.3 is 0 Å². The van der Waals surface area contributed by atoms with Gasteiger partial charge in [0.2, 0.25) is 0 Å². The van der Waals surface area contributed by atoms with Gasteiger partial charge in [-0.25, -0.2) is 0 Å². The fraction of sp³-hybridized carbons (Fsp3) is 0.273. The zero-order valence-corrected chi connectivity index (χ0v) is 11.9. The van der Waals surface area contributed by atoms with Gasteiger partial charge in [-0.3, -0.25) is 4.79 Å². The quantitative estimate of drug-likeness (QED) is 0.874. The fourth-order valence-electron chi connectivity index (χ4n) is 1.38. The molecule has 0 saturated heterocycles. The van der Waals surface area contributed by atoms with Gasteiger partial charge in [-0.05, 0) is 25.1 Å². The number of amides is 1. The summed E-state index contributed by atoms with van der Waals surface area (Å²) in [5.41, 5.74) is 0. The summed E-state index contributed by atoms with van der Waals surface area (Å²) in [5.74, 6) is 0.453. The van der Waals surface area contributed by atoms with Crippen LogP contribution in [0.5, 0.6) is 5.75 Å². The molecule has 0 fully saturated rings. The molecule has 0 aliphatic rings. The number of H-pyrrole nitrogens is 1. The molecule has 0 radical (unpaired) electrons. The molecular weight excluding hydrogens is 305 g/mol. The smallest absolute Gasteiger partial charge is 0.261 e. The third kappa shape index (κ3) is 3.82. The zero-order chi connectivity index (χ0) is 14.5. The molecular formula is C11H11Cl2N5O2. The first kappa shape index (κ1) is 14.5. The van der Waals surface area contributed by atoms with Gasteiger partial charge in [0.15, 0.2) is 11.9 Å². The van der Waals surface area contributed by atoms with Crippen LogP contribution in [0.2, 0.25) is 10.0 Å². The molecule has 1 aromatic heterocycles. The first-order valence-electron chi connectivity index (χ1n) is 5.68. The van der Waals surface area contributed by atoms with Gasteiger partial charge in [0.05, 0.1) is 11.6 Å². The Kier molecular flexibility index (Phi) is 4.75. The number of hydrogen-bond donors (Lipinski definition) is 2. The average Bonchev–Trinajstić information content (AvgIpc) is 2.92. The monoisotopic (exact) mass is 315 g/mol. The highest BCUT2D eigenvalue weighted by Gasteiger charge is 2.16. The predicted octanol–water partition coefficient (Wildman–Crippen LogP) is 1.59. The minimum atomic E-state index is -0.722. The lowest BCUT2D eigenvalue weighted by Crippen LogP contribution is -2.36. The van der Waals surface area contributed by atoms with E-state index in [1.165, 1.54) is 0 Å². The molecule has 20 heavy (non-hydrogen) atoms. The summed E-state index contributed by atoms with van der Waals surface area (Å²) in [6, 6.07) is 4.78. The molecule has 7 nitrogen and oxygen atoms in total. The predicted molar refractivity (Wildman–Crippen MR) is 72.6 cm³/mol. The third-order valence-corrected chi connectivity index (χ3v) is 2.91. The Morgan fingerprint density at radius 3 is 2.95 bits per heavy atom. The number of benzene rings is 1. The second-order valence-electron chi connectivity index (χ2n) is 3.88. The first-order chi connectivity index (χ1) is 9.56. The van der Waals surface area contributed by atoms with Crippen LogP contribution in [0, 0.1) is 0 Å². The van der Waals surface area contributed by atoms with Crippen molar-refractivity contribution in [2.45, 2.75) is 19.6 Å². The van der Waals surface area contributed by atoms with Crippen molar-refractivity contribution in [1.29, 1.82) is 0 Å². The van der Waals surface area contributed by atoms with Crippen molar-refractivity contribution in [3.05, 3.63) is 34.1 Å². The van der Waals surface area contributed by atoms with Gasteiger partial charge in [-0.1, -0.05) is 28.4 Å². The van der Waals surface area contributed by atoms with E-state index in [1.54, 1.807) is 25.1 Å². The number of aromatic amines is 1. The Balaban J connectivity index is 1.90. The van der Waals surface area contributed by atoms with Crippen LogP contribution >= 0.6 is 23.2 Å². The minimum absolute atomic E-state index is 0.164. The van der Waals surface area contributed by atoms with E-state index in [4.69, 9.17) is 27.9 Å². The molecule has 2 rings (SSSR count). The molecule has 106 valence electrons. The number of carbonyl (C=O) groups excluding carboxylic acids is 1. The van der Waals surface area contributed by atoms with Crippen LogP contribution in [0.1, 0.15) is 12.7 Å². The zero-order valence-electron chi connectivity index (χ0n) is 10.4. The molecule has 9 heteroatoms. The normalized spacial score (nSPS) is 11.9. The molecule has 1 unspecified atom stereocenters. The molecule has 0 aliphatic heterocycles. The van der Waals surface area contributed by atoms with E-state index in [9.17, 15) is 4.79 Å². The molecule has 1 heterocycles. The van der Waals surface area contributed by atoms with Crippen molar-refractivity contribution < 1.29 is 9.53 Å².